The summed E-state index contributed by atoms with van der Waals surface area (Å²) in [5.74, 6) is 0.465. The van der Waals surface area contributed by atoms with Crippen molar-refractivity contribution in [3.63, 3.8) is 0 Å². The van der Waals surface area contributed by atoms with E-state index in [1.807, 2.05) is 24.6 Å². The maximum atomic E-state index is 12.6. The van der Waals surface area contributed by atoms with Crippen LogP contribution in [0.2, 0.25) is 0 Å². The fourth-order valence-electron chi connectivity index (χ4n) is 3.38. The van der Waals surface area contributed by atoms with Gasteiger partial charge in [0.2, 0.25) is 0 Å². The number of imidazole rings is 1. The minimum Gasteiger partial charge on any atom is -0.325 e. The molecule has 132 valence electrons. The molecule has 1 saturated heterocycles. The van der Waals surface area contributed by atoms with Gasteiger partial charge in [-0.3, -0.25) is 9.58 Å². The van der Waals surface area contributed by atoms with E-state index in [-0.39, 0.29) is 6.04 Å². The van der Waals surface area contributed by atoms with Crippen molar-refractivity contribution in [3.8, 4) is 0 Å². The van der Waals surface area contributed by atoms with Crippen molar-refractivity contribution >= 4 is 0 Å². The molecule has 0 radical (unpaired) electrons. The highest BCUT2D eigenvalue weighted by Crippen LogP contribution is 2.23. The first kappa shape index (κ1) is 17.0. The number of alkyl halides is 3. The van der Waals surface area contributed by atoms with E-state index in [4.69, 9.17) is 0 Å². The van der Waals surface area contributed by atoms with Gasteiger partial charge in [-0.05, 0) is 39.3 Å². The molecule has 2 aromatic heterocycles. The Labute approximate surface area is 139 Å². The molecule has 0 spiro atoms. The van der Waals surface area contributed by atoms with Crippen molar-refractivity contribution in [3.05, 3.63) is 35.7 Å². The van der Waals surface area contributed by atoms with Gasteiger partial charge in [0.15, 0.2) is 0 Å². The third kappa shape index (κ3) is 3.98. The van der Waals surface area contributed by atoms with Crippen LogP contribution in [-0.4, -0.2) is 43.0 Å². The van der Waals surface area contributed by atoms with E-state index >= 15 is 0 Å². The Morgan fingerprint density at radius 3 is 2.75 bits per heavy atom. The highest BCUT2D eigenvalue weighted by Gasteiger charge is 2.31. The van der Waals surface area contributed by atoms with Crippen LogP contribution in [0, 0.1) is 13.8 Å². The first-order valence-electron chi connectivity index (χ1n) is 8.14. The summed E-state index contributed by atoms with van der Waals surface area (Å²) >= 11 is 0. The van der Waals surface area contributed by atoms with Crippen LogP contribution in [0.5, 0.6) is 0 Å². The summed E-state index contributed by atoms with van der Waals surface area (Å²) in [4.78, 5) is 6.34. The predicted molar refractivity (Wildman–Crippen MR) is 83.4 cm³/mol. The molecule has 1 aliphatic rings. The standard InChI is InChI=1S/C16H22F3N5/c1-12-8-13(2)24(21-12)9-14-4-3-6-22(14)10-15-20-5-7-23(15)11-16(17,18)19/h5,7-8,14H,3-4,6,9-11H2,1-2H3/t14-/m1/s1. The Morgan fingerprint density at radius 2 is 2.08 bits per heavy atom. The van der Waals surface area contributed by atoms with Crippen molar-refractivity contribution < 1.29 is 13.2 Å². The lowest BCUT2D eigenvalue weighted by Gasteiger charge is -2.25. The number of hydrogen-bond donors (Lipinski definition) is 0. The van der Waals surface area contributed by atoms with Crippen LogP contribution < -0.4 is 0 Å². The fraction of sp³-hybridized carbons (Fsp3) is 0.625. The average molecular weight is 341 g/mol. The number of halogens is 3. The van der Waals surface area contributed by atoms with Gasteiger partial charge >= 0.3 is 6.18 Å². The summed E-state index contributed by atoms with van der Waals surface area (Å²) in [5.41, 5.74) is 2.09. The van der Waals surface area contributed by atoms with Crippen LogP contribution in [0.1, 0.15) is 30.1 Å². The van der Waals surface area contributed by atoms with Gasteiger partial charge in [0.25, 0.3) is 0 Å². The summed E-state index contributed by atoms with van der Waals surface area (Å²) in [6.07, 6.45) is 0.675. The second kappa shape index (κ2) is 6.58. The van der Waals surface area contributed by atoms with Gasteiger partial charge in [0.1, 0.15) is 12.4 Å². The van der Waals surface area contributed by atoms with Crippen molar-refractivity contribution in [1.82, 2.24) is 24.2 Å². The molecule has 5 nitrogen and oxygen atoms in total. The summed E-state index contributed by atoms with van der Waals surface area (Å²) in [6.45, 7) is 5.08. The zero-order valence-corrected chi connectivity index (χ0v) is 13.9. The van der Waals surface area contributed by atoms with Crippen molar-refractivity contribution in [2.45, 2.75) is 58.5 Å². The van der Waals surface area contributed by atoms with Crippen LogP contribution in [0.15, 0.2) is 18.5 Å². The molecular formula is C16H22F3N5. The third-order valence-corrected chi connectivity index (χ3v) is 4.48. The Kier molecular flexibility index (Phi) is 4.67. The van der Waals surface area contributed by atoms with E-state index < -0.39 is 12.7 Å². The molecule has 3 heterocycles. The molecule has 0 unspecified atom stereocenters. The van der Waals surface area contributed by atoms with E-state index in [1.165, 1.54) is 17.0 Å². The molecule has 0 aromatic carbocycles. The number of rotatable bonds is 5. The van der Waals surface area contributed by atoms with Gasteiger partial charge in [-0.1, -0.05) is 0 Å². The van der Waals surface area contributed by atoms with Crippen LogP contribution >= 0.6 is 0 Å². The Bertz CT molecular complexity index is 688. The van der Waals surface area contributed by atoms with E-state index in [1.54, 1.807) is 0 Å². The Hall–Kier alpha value is -1.83. The average Bonchev–Trinajstić information content (AvgIpc) is 3.14. The molecular weight excluding hydrogens is 319 g/mol. The number of aromatic nitrogens is 4. The van der Waals surface area contributed by atoms with Gasteiger partial charge < -0.3 is 4.57 Å². The van der Waals surface area contributed by atoms with E-state index in [2.05, 4.69) is 15.0 Å². The van der Waals surface area contributed by atoms with E-state index in [0.717, 1.165) is 37.3 Å². The van der Waals surface area contributed by atoms with Gasteiger partial charge in [-0.15, -0.1) is 0 Å². The number of hydrogen-bond acceptors (Lipinski definition) is 3. The van der Waals surface area contributed by atoms with Crippen molar-refractivity contribution in [1.29, 1.82) is 0 Å². The van der Waals surface area contributed by atoms with Gasteiger partial charge in [-0.2, -0.15) is 18.3 Å². The predicted octanol–water partition coefficient (Wildman–Crippen LogP) is 2.92. The smallest absolute Gasteiger partial charge is 0.325 e. The molecule has 0 N–H and O–H groups in total. The highest BCUT2D eigenvalue weighted by atomic mass is 19.4. The minimum absolute atomic E-state index is 0.277. The maximum absolute atomic E-state index is 12.6. The Balaban J connectivity index is 1.68. The molecule has 0 amide bonds. The number of aryl methyl sites for hydroxylation is 2. The van der Waals surface area contributed by atoms with Crippen LogP contribution in [0.25, 0.3) is 0 Å². The molecule has 8 heteroatoms. The molecule has 0 bridgehead atoms. The molecule has 2 aromatic rings. The monoisotopic (exact) mass is 341 g/mol. The lowest BCUT2D eigenvalue weighted by atomic mass is 10.2. The second-order valence-corrected chi connectivity index (χ2v) is 6.46. The second-order valence-electron chi connectivity index (χ2n) is 6.46. The first-order chi connectivity index (χ1) is 11.3. The number of nitrogens with zero attached hydrogens (tertiary/aromatic N) is 5. The van der Waals surface area contributed by atoms with Crippen LogP contribution in [0.4, 0.5) is 13.2 Å². The van der Waals surface area contributed by atoms with Crippen LogP contribution in [-0.2, 0) is 19.6 Å². The lowest BCUT2D eigenvalue weighted by Crippen LogP contribution is -2.34. The van der Waals surface area contributed by atoms with Crippen molar-refractivity contribution in [2.24, 2.45) is 0 Å². The normalized spacial score (nSPS) is 19.3. The summed E-state index contributed by atoms with van der Waals surface area (Å²) in [6, 6.07) is 2.31. The fourth-order valence-corrected chi connectivity index (χ4v) is 3.38. The maximum Gasteiger partial charge on any atom is 0.406 e. The number of likely N-dealkylation sites (tertiary alicyclic amines) is 1. The summed E-state index contributed by atoms with van der Waals surface area (Å²) in [7, 11) is 0. The summed E-state index contributed by atoms with van der Waals surface area (Å²) in [5, 5.41) is 4.49. The molecule has 24 heavy (non-hydrogen) atoms. The SMILES string of the molecule is Cc1cc(C)n(C[C@H]2CCCN2Cc2nccn2CC(F)(F)F)n1. The zero-order chi connectivity index (χ0) is 17.3. The van der Waals surface area contributed by atoms with Gasteiger partial charge in [-0.25, -0.2) is 4.98 Å². The highest BCUT2D eigenvalue weighted by molar-refractivity contribution is 5.07. The topological polar surface area (TPSA) is 38.9 Å². The van der Waals surface area contributed by atoms with Crippen LogP contribution in [0.3, 0.4) is 0 Å². The first-order valence-corrected chi connectivity index (χ1v) is 8.14. The molecule has 0 aliphatic carbocycles. The zero-order valence-electron chi connectivity index (χ0n) is 13.9. The minimum atomic E-state index is -4.23. The lowest BCUT2D eigenvalue weighted by molar-refractivity contribution is -0.141. The third-order valence-electron chi connectivity index (χ3n) is 4.48. The molecule has 1 fully saturated rings. The van der Waals surface area contributed by atoms with Crippen molar-refractivity contribution in [2.75, 3.05) is 6.54 Å². The molecule has 0 saturated carbocycles. The molecule has 1 atom stereocenters. The molecule has 3 rings (SSSR count). The quantitative estimate of drug-likeness (QED) is 0.839. The van der Waals surface area contributed by atoms with E-state index in [0.29, 0.717) is 12.4 Å². The largest absolute Gasteiger partial charge is 0.406 e. The van der Waals surface area contributed by atoms with Gasteiger partial charge in [0, 0.05) is 24.1 Å². The Morgan fingerprint density at radius 1 is 1.29 bits per heavy atom. The van der Waals surface area contributed by atoms with E-state index in [9.17, 15) is 13.2 Å². The molecule has 1 aliphatic heterocycles. The van der Waals surface area contributed by atoms with Gasteiger partial charge in [0.05, 0.1) is 18.8 Å². The summed E-state index contributed by atoms with van der Waals surface area (Å²) < 4.78 is 41.1.